The number of likely N-dealkylation sites (N-methyl/N-ethyl adjacent to an activating group) is 1. The first-order chi connectivity index (χ1) is 14.8. The number of methoxy groups -OCH3 is 1. The van der Waals surface area contributed by atoms with Gasteiger partial charge in [0.2, 0.25) is 0 Å². The number of thiocarbonyl (C=S) groups is 1. The molecule has 0 spiro atoms. The first-order valence-corrected chi connectivity index (χ1v) is 11.6. The van der Waals surface area contributed by atoms with E-state index in [2.05, 4.69) is 43.3 Å². The van der Waals surface area contributed by atoms with E-state index in [1.54, 1.807) is 13.2 Å². The van der Waals surface area contributed by atoms with E-state index in [4.69, 9.17) is 28.6 Å². The molecule has 1 aliphatic rings. The van der Waals surface area contributed by atoms with Crippen LogP contribution < -0.4 is 20.3 Å². The lowest BCUT2D eigenvalue weighted by atomic mass is 10.1. The molecule has 0 aliphatic carbocycles. The van der Waals surface area contributed by atoms with Gasteiger partial charge in [-0.05, 0) is 55.5 Å². The van der Waals surface area contributed by atoms with Crippen molar-refractivity contribution in [1.82, 2.24) is 10.2 Å². The topological polar surface area (TPSA) is 56.8 Å². The first kappa shape index (κ1) is 23.8. The molecule has 0 atom stereocenters. The van der Waals surface area contributed by atoms with E-state index in [0.29, 0.717) is 16.3 Å². The molecule has 166 valence electrons. The van der Waals surface area contributed by atoms with Gasteiger partial charge < -0.3 is 19.9 Å². The number of halogens is 2. The van der Waals surface area contributed by atoms with Crippen molar-refractivity contribution < 1.29 is 9.53 Å². The fraction of sp³-hybridized carbons (Fsp3) is 0.364. The summed E-state index contributed by atoms with van der Waals surface area (Å²) in [5.74, 6) is 0.166. The van der Waals surface area contributed by atoms with Crippen molar-refractivity contribution in [2.75, 3.05) is 50.1 Å². The molecule has 2 N–H and O–H groups in total. The quantitative estimate of drug-likeness (QED) is 0.553. The maximum atomic E-state index is 12.9. The number of aryl methyl sites for hydroxylation is 1. The summed E-state index contributed by atoms with van der Waals surface area (Å²) < 4.78 is 6.20. The highest BCUT2D eigenvalue weighted by molar-refractivity contribution is 9.10. The van der Waals surface area contributed by atoms with Crippen LogP contribution in [0.1, 0.15) is 22.8 Å². The Balaban J connectivity index is 1.76. The number of rotatable bonds is 5. The van der Waals surface area contributed by atoms with Crippen molar-refractivity contribution in [2.45, 2.75) is 13.8 Å². The maximum absolute atomic E-state index is 12.9. The summed E-state index contributed by atoms with van der Waals surface area (Å²) in [6, 6.07) is 9.24. The minimum absolute atomic E-state index is 0.195. The molecule has 6 nitrogen and oxygen atoms in total. The van der Waals surface area contributed by atoms with Crippen LogP contribution in [0.4, 0.5) is 11.4 Å². The van der Waals surface area contributed by atoms with E-state index >= 15 is 0 Å². The number of anilines is 2. The zero-order valence-electron chi connectivity index (χ0n) is 17.8. The average molecular weight is 526 g/mol. The summed E-state index contributed by atoms with van der Waals surface area (Å²) >= 11 is 15.4. The van der Waals surface area contributed by atoms with Gasteiger partial charge >= 0.3 is 0 Å². The molecule has 0 bridgehead atoms. The summed E-state index contributed by atoms with van der Waals surface area (Å²) in [5, 5.41) is 6.74. The van der Waals surface area contributed by atoms with E-state index in [9.17, 15) is 4.79 Å². The van der Waals surface area contributed by atoms with Gasteiger partial charge in [0.25, 0.3) is 5.91 Å². The zero-order chi connectivity index (χ0) is 22.5. The lowest BCUT2D eigenvalue weighted by Gasteiger charge is -2.37. The predicted molar refractivity (Wildman–Crippen MR) is 135 cm³/mol. The van der Waals surface area contributed by atoms with Gasteiger partial charge in [-0.15, -0.1) is 0 Å². The Hall–Kier alpha value is -1.87. The van der Waals surface area contributed by atoms with Gasteiger partial charge in [-0.3, -0.25) is 10.1 Å². The number of carbonyl (C=O) groups excluding carboxylic acids is 1. The van der Waals surface area contributed by atoms with Gasteiger partial charge in [0, 0.05) is 30.7 Å². The summed E-state index contributed by atoms with van der Waals surface area (Å²) in [6.45, 7) is 8.79. The molecule has 1 saturated heterocycles. The molecule has 1 aliphatic heterocycles. The van der Waals surface area contributed by atoms with Gasteiger partial charge in [0.15, 0.2) is 5.11 Å². The number of para-hydroxylation sites is 1. The standard InChI is InChI=1S/C22H26BrClN4O2S/c1-4-27-8-10-28(11-9-27)19-17(24)6-5-7-18(19)25-22(31)26-21(29)16-13-15(23)12-14(2)20(16)30-3/h5-7,12-13H,4,8-11H2,1-3H3,(H2,25,26,29,31). The summed E-state index contributed by atoms with van der Waals surface area (Å²) in [6.07, 6.45) is 0. The van der Waals surface area contributed by atoms with Crippen LogP contribution in [-0.2, 0) is 0 Å². The van der Waals surface area contributed by atoms with Crippen molar-refractivity contribution >= 4 is 62.1 Å². The smallest absolute Gasteiger partial charge is 0.261 e. The SMILES string of the molecule is CCN1CCN(c2c(Cl)cccc2NC(=S)NC(=O)c2cc(Br)cc(C)c2OC)CC1. The molecule has 1 amide bonds. The number of ether oxygens (including phenoxy) is 1. The molecule has 0 saturated carbocycles. The number of amides is 1. The molecule has 1 fully saturated rings. The fourth-order valence-electron chi connectivity index (χ4n) is 3.72. The largest absolute Gasteiger partial charge is 0.496 e. The van der Waals surface area contributed by atoms with Crippen LogP contribution in [0, 0.1) is 6.92 Å². The van der Waals surface area contributed by atoms with Crippen LogP contribution in [0.15, 0.2) is 34.8 Å². The van der Waals surface area contributed by atoms with Crippen LogP contribution in [0.5, 0.6) is 5.75 Å². The van der Waals surface area contributed by atoms with Gasteiger partial charge in [-0.25, -0.2) is 0 Å². The van der Waals surface area contributed by atoms with E-state index in [0.717, 1.165) is 54.1 Å². The number of carbonyl (C=O) groups is 1. The molecule has 31 heavy (non-hydrogen) atoms. The molecule has 0 radical (unpaired) electrons. The van der Waals surface area contributed by atoms with Gasteiger partial charge in [-0.2, -0.15) is 0 Å². The molecular weight excluding hydrogens is 500 g/mol. The third-order valence-electron chi connectivity index (χ3n) is 5.29. The molecule has 3 rings (SSSR count). The highest BCUT2D eigenvalue weighted by atomic mass is 79.9. The van der Waals surface area contributed by atoms with Gasteiger partial charge in [-0.1, -0.05) is 40.5 Å². The molecular formula is C22H26BrClN4O2S. The Bertz CT molecular complexity index is 980. The number of hydrogen-bond acceptors (Lipinski definition) is 5. The first-order valence-electron chi connectivity index (χ1n) is 10.1. The number of hydrogen-bond donors (Lipinski definition) is 2. The lowest BCUT2D eigenvalue weighted by molar-refractivity contribution is 0.0974. The molecule has 0 aromatic heterocycles. The molecule has 1 heterocycles. The predicted octanol–water partition coefficient (Wildman–Crippen LogP) is 4.69. The zero-order valence-corrected chi connectivity index (χ0v) is 21.0. The molecule has 0 unspecified atom stereocenters. The van der Waals surface area contributed by atoms with Crippen molar-refractivity contribution in [3.63, 3.8) is 0 Å². The van der Waals surface area contributed by atoms with E-state index < -0.39 is 0 Å². The van der Waals surface area contributed by atoms with Crippen LogP contribution in [-0.4, -0.2) is 55.8 Å². The highest BCUT2D eigenvalue weighted by Crippen LogP contribution is 2.34. The van der Waals surface area contributed by atoms with Crippen LogP contribution in [0.25, 0.3) is 0 Å². The number of benzene rings is 2. The van der Waals surface area contributed by atoms with E-state index in [1.165, 1.54) is 0 Å². The minimum atomic E-state index is -0.348. The molecule has 9 heteroatoms. The van der Waals surface area contributed by atoms with E-state index in [1.807, 2.05) is 31.2 Å². The monoisotopic (exact) mass is 524 g/mol. The lowest BCUT2D eigenvalue weighted by Crippen LogP contribution is -2.46. The fourth-order valence-corrected chi connectivity index (χ4v) is 4.79. The Morgan fingerprint density at radius 1 is 1.26 bits per heavy atom. The van der Waals surface area contributed by atoms with Crippen molar-refractivity contribution in [2.24, 2.45) is 0 Å². The highest BCUT2D eigenvalue weighted by Gasteiger charge is 2.22. The molecule has 2 aromatic carbocycles. The van der Waals surface area contributed by atoms with Crippen LogP contribution >= 0.6 is 39.7 Å². The average Bonchev–Trinajstić information content (AvgIpc) is 2.73. The van der Waals surface area contributed by atoms with Gasteiger partial charge in [0.05, 0.1) is 29.1 Å². The Kier molecular flexibility index (Phi) is 8.16. The third kappa shape index (κ3) is 5.68. The van der Waals surface area contributed by atoms with Crippen LogP contribution in [0.2, 0.25) is 5.02 Å². The second-order valence-corrected chi connectivity index (χ2v) is 9.00. The molecule has 2 aromatic rings. The van der Waals surface area contributed by atoms with Gasteiger partial charge in [0.1, 0.15) is 5.75 Å². The summed E-state index contributed by atoms with van der Waals surface area (Å²) in [7, 11) is 1.54. The Labute approximate surface area is 202 Å². The maximum Gasteiger partial charge on any atom is 0.261 e. The van der Waals surface area contributed by atoms with Crippen LogP contribution in [0.3, 0.4) is 0 Å². The summed E-state index contributed by atoms with van der Waals surface area (Å²) in [4.78, 5) is 17.5. The second-order valence-electron chi connectivity index (χ2n) is 7.27. The van der Waals surface area contributed by atoms with E-state index in [-0.39, 0.29) is 11.0 Å². The third-order valence-corrected chi connectivity index (χ3v) is 6.25. The second kappa shape index (κ2) is 10.6. The van der Waals surface area contributed by atoms with Crippen molar-refractivity contribution in [3.05, 3.63) is 51.0 Å². The van der Waals surface area contributed by atoms with Crippen molar-refractivity contribution in [1.29, 1.82) is 0 Å². The minimum Gasteiger partial charge on any atom is -0.496 e. The summed E-state index contributed by atoms with van der Waals surface area (Å²) in [5.41, 5.74) is 2.91. The Morgan fingerprint density at radius 3 is 2.61 bits per heavy atom. The number of piperazine rings is 1. The normalized spacial score (nSPS) is 14.3. The van der Waals surface area contributed by atoms with Crippen molar-refractivity contribution in [3.8, 4) is 5.75 Å². The number of nitrogens with zero attached hydrogens (tertiary/aromatic N) is 2. The number of nitrogens with one attached hydrogen (secondary N) is 2. The Morgan fingerprint density at radius 2 is 1.97 bits per heavy atom.